The average Bonchev–Trinajstić information content (AvgIpc) is 2.79. The van der Waals surface area contributed by atoms with E-state index in [1.54, 1.807) is 11.8 Å². The van der Waals surface area contributed by atoms with Gasteiger partial charge in [0, 0.05) is 19.6 Å². The molecule has 4 heteroatoms. The van der Waals surface area contributed by atoms with Crippen LogP contribution in [0.1, 0.15) is 32.6 Å². The molecule has 0 bridgehead atoms. The van der Waals surface area contributed by atoms with Gasteiger partial charge in [0.05, 0.1) is 5.75 Å². The number of likely N-dealkylation sites (tertiary alicyclic amines) is 1. The number of thioether (sulfide) groups is 1. The second kappa shape index (κ2) is 6.10. The first-order chi connectivity index (χ1) is 8.26. The molecule has 2 aliphatic rings. The van der Waals surface area contributed by atoms with Crippen LogP contribution in [-0.4, -0.2) is 48.5 Å². The summed E-state index contributed by atoms with van der Waals surface area (Å²) in [5, 5.41) is 3.46. The normalized spacial score (nSPS) is 23.2. The van der Waals surface area contributed by atoms with Crippen molar-refractivity contribution in [2.24, 2.45) is 5.41 Å². The molecule has 0 aliphatic carbocycles. The van der Waals surface area contributed by atoms with E-state index in [0.29, 0.717) is 17.1 Å². The maximum Gasteiger partial charge on any atom is 0.232 e. The summed E-state index contributed by atoms with van der Waals surface area (Å²) in [6, 6.07) is 0. The molecule has 0 aromatic heterocycles. The third-order valence-corrected chi connectivity index (χ3v) is 5.23. The number of piperidine rings is 1. The molecule has 2 heterocycles. The number of hydrogen-bond donors (Lipinski definition) is 1. The average molecular weight is 256 g/mol. The first-order valence-electron chi connectivity index (χ1n) is 6.82. The van der Waals surface area contributed by atoms with Gasteiger partial charge < -0.3 is 10.2 Å². The fraction of sp³-hybridized carbons (Fsp3) is 0.923. The SMILES string of the molecule is CCCSCC(=O)N1CCC2(CCNC2)CC1. The number of hydrogen-bond acceptors (Lipinski definition) is 3. The zero-order valence-electron chi connectivity index (χ0n) is 10.8. The Morgan fingerprint density at radius 2 is 2.12 bits per heavy atom. The zero-order valence-corrected chi connectivity index (χ0v) is 11.7. The lowest BCUT2D eigenvalue weighted by atomic mass is 9.78. The Bertz CT molecular complexity index is 254. The van der Waals surface area contributed by atoms with E-state index in [9.17, 15) is 4.79 Å². The first kappa shape index (κ1) is 13.2. The van der Waals surface area contributed by atoms with Crippen molar-refractivity contribution in [1.82, 2.24) is 10.2 Å². The van der Waals surface area contributed by atoms with E-state index in [2.05, 4.69) is 17.1 Å². The van der Waals surface area contributed by atoms with Crippen LogP contribution in [0.4, 0.5) is 0 Å². The number of carbonyl (C=O) groups is 1. The minimum absolute atomic E-state index is 0.351. The molecule has 2 saturated heterocycles. The molecule has 0 aromatic carbocycles. The van der Waals surface area contributed by atoms with Gasteiger partial charge in [0.2, 0.25) is 5.91 Å². The van der Waals surface area contributed by atoms with Gasteiger partial charge in [-0.3, -0.25) is 4.79 Å². The van der Waals surface area contributed by atoms with Crippen LogP contribution in [0.15, 0.2) is 0 Å². The Morgan fingerprint density at radius 3 is 2.71 bits per heavy atom. The van der Waals surface area contributed by atoms with Crippen LogP contribution in [0.25, 0.3) is 0 Å². The maximum absolute atomic E-state index is 12.0. The molecule has 2 fully saturated rings. The second-order valence-electron chi connectivity index (χ2n) is 5.36. The fourth-order valence-electron chi connectivity index (χ4n) is 2.85. The first-order valence-corrected chi connectivity index (χ1v) is 7.97. The van der Waals surface area contributed by atoms with Gasteiger partial charge in [-0.25, -0.2) is 0 Å². The molecule has 0 saturated carbocycles. The largest absolute Gasteiger partial charge is 0.342 e. The summed E-state index contributed by atoms with van der Waals surface area (Å²) in [6.07, 6.45) is 4.86. The molecule has 17 heavy (non-hydrogen) atoms. The highest BCUT2D eigenvalue weighted by molar-refractivity contribution is 7.99. The standard InChI is InChI=1S/C13H24N2OS/c1-2-9-17-10-12(16)15-7-4-13(5-8-15)3-6-14-11-13/h14H,2-11H2,1H3. The van der Waals surface area contributed by atoms with Crippen molar-refractivity contribution < 1.29 is 4.79 Å². The van der Waals surface area contributed by atoms with Gasteiger partial charge in [0.1, 0.15) is 0 Å². The van der Waals surface area contributed by atoms with E-state index < -0.39 is 0 Å². The van der Waals surface area contributed by atoms with Crippen LogP contribution in [0.5, 0.6) is 0 Å². The van der Waals surface area contributed by atoms with Gasteiger partial charge in [0.25, 0.3) is 0 Å². The molecule has 98 valence electrons. The Hall–Kier alpha value is -0.220. The maximum atomic E-state index is 12.0. The monoisotopic (exact) mass is 256 g/mol. The van der Waals surface area contributed by atoms with Gasteiger partial charge in [-0.2, -0.15) is 11.8 Å². The van der Waals surface area contributed by atoms with E-state index >= 15 is 0 Å². The topological polar surface area (TPSA) is 32.3 Å². The Balaban J connectivity index is 1.72. The smallest absolute Gasteiger partial charge is 0.232 e. The van der Waals surface area contributed by atoms with E-state index in [-0.39, 0.29) is 0 Å². The van der Waals surface area contributed by atoms with Gasteiger partial charge in [-0.15, -0.1) is 0 Å². The molecule has 0 aromatic rings. The highest BCUT2D eigenvalue weighted by atomic mass is 32.2. The number of rotatable bonds is 4. The summed E-state index contributed by atoms with van der Waals surface area (Å²) < 4.78 is 0. The lowest BCUT2D eigenvalue weighted by Gasteiger charge is -2.38. The molecule has 0 atom stereocenters. The summed E-state index contributed by atoms with van der Waals surface area (Å²) in [7, 11) is 0. The molecular formula is C13H24N2OS. The molecule has 0 radical (unpaired) electrons. The van der Waals surface area contributed by atoms with E-state index in [0.717, 1.165) is 25.3 Å². The van der Waals surface area contributed by atoms with Gasteiger partial charge in [0.15, 0.2) is 0 Å². The van der Waals surface area contributed by atoms with Crippen LogP contribution < -0.4 is 5.32 Å². The summed E-state index contributed by atoms with van der Waals surface area (Å²) in [5.74, 6) is 2.14. The number of nitrogens with zero attached hydrogens (tertiary/aromatic N) is 1. The number of amides is 1. The molecule has 1 N–H and O–H groups in total. The Kier molecular flexibility index (Phi) is 4.74. The number of carbonyl (C=O) groups excluding carboxylic acids is 1. The zero-order chi connectivity index (χ0) is 12.1. The fourth-order valence-corrected chi connectivity index (χ4v) is 3.64. The predicted octanol–water partition coefficient (Wildman–Crippen LogP) is 1.73. The van der Waals surface area contributed by atoms with Gasteiger partial charge >= 0.3 is 0 Å². The molecule has 3 nitrogen and oxygen atoms in total. The summed E-state index contributed by atoms with van der Waals surface area (Å²) in [6.45, 7) is 6.45. The minimum atomic E-state index is 0.351. The van der Waals surface area contributed by atoms with Gasteiger partial charge in [-0.1, -0.05) is 6.92 Å². The highest BCUT2D eigenvalue weighted by Gasteiger charge is 2.37. The Morgan fingerprint density at radius 1 is 1.35 bits per heavy atom. The van der Waals surface area contributed by atoms with Crippen LogP contribution in [0, 0.1) is 5.41 Å². The molecule has 2 aliphatic heterocycles. The van der Waals surface area contributed by atoms with E-state index in [1.807, 2.05) is 0 Å². The number of nitrogens with one attached hydrogen (secondary N) is 1. The van der Waals surface area contributed by atoms with Crippen LogP contribution in [0.2, 0.25) is 0 Å². The van der Waals surface area contributed by atoms with Crippen molar-refractivity contribution >= 4 is 17.7 Å². The molecule has 2 rings (SSSR count). The van der Waals surface area contributed by atoms with Crippen LogP contribution in [-0.2, 0) is 4.79 Å². The van der Waals surface area contributed by atoms with Crippen molar-refractivity contribution in [2.45, 2.75) is 32.6 Å². The van der Waals surface area contributed by atoms with Crippen molar-refractivity contribution in [3.8, 4) is 0 Å². The quantitative estimate of drug-likeness (QED) is 0.778. The Labute approximate surface area is 109 Å². The van der Waals surface area contributed by atoms with Crippen molar-refractivity contribution in [3.63, 3.8) is 0 Å². The molecular weight excluding hydrogens is 232 g/mol. The molecule has 0 unspecified atom stereocenters. The summed E-state index contributed by atoms with van der Waals surface area (Å²) >= 11 is 1.78. The predicted molar refractivity (Wildman–Crippen MR) is 73.3 cm³/mol. The molecule has 1 amide bonds. The van der Waals surface area contributed by atoms with Crippen molar-refractivity contribution in [1.29, 1.82) is 0 Å². The summed E-state index contributed by atoms with van der Waals surface area (Å²) in [4.78, 5) is 14.0. The lowest BCUT2D eigenvalue weighted by Crippen LogP contribution is -2.44. The van der Waals surface area contributed by atoms with Crippen LogP contribution in [0.3, 0.4) is 0 Å². The summed E-state index contributed by atoms with van der Waals surface area (Å²) in [5.41, 5.74) is 0.521. The van der Waals surface area contributed by atoms with Crippen molar-refractivity contribution in [2.75, 3.05) is 37.7 Å². The van der Waals surface area contributed by atoms with Gasteiger partial charge in [-0.05, 0) is 43.4 Å². The van der Waals surface area contributed by atoms with Crippen molar-refractivity contribution in [3.05, 3.63) is 0 Å². The molecule has 1 spiro atoms. The van der Waals surface area contributed by atoms with Crippen LogP contribution >= 0.6 is 11.8 Å². The second-order valence-corrected chi connectivity index (χ2v) is 6.47. The van der Waals surface area contributed by atoms with E-state index in [4.69, 9.17) is 0 Å². The minimum Gasteiger partial charge on any atom is -0.342 e. The third-order valence-electron chi connectivity index (χ3n) is 4.08. The third kappa shape index (κ3) is 3.38. The highest BCUT2D eigenvalue weighted by Crippen LogP contribution is 2.36. The lowest BCUT2D eigenvalue weighted by molar-refractivity contribution is -0.130. The van der Waals surface area contributed by atoms with E-state index in [1.165, 1.54) is 32.4 Å².